The van der Waals surface area contributed by atoms with Gasteiger partial charge in [-0.2, -0.15) is 0 Å². The van der Waals surface area contributed by atoms with Crippen LogP contribution in [0.3, 0.4) is 0 Å². The first kappa shape index (κ1) is 23.9. The zero-order valence-corrected chi connectivity index (χ0v) is 20.0. The maximum Gasteiger partial charge on any atom is 0.261 e. The Hall–Kier alpha value is -4.79. The molecule has 2 heterocycles. The molecule has 1 N–H and O–H groups in total. The molecule has 0 bridgehead atoms. The monoisotopic (exact) mass is 498 g/mol. The van der Waals surface area contributed by atoms with Crippen LogP contribution < -0.4 is 10.1 Å². The number of carbonyl (C=O) groups is 3. The molecule has 1 aliphatic heterocycles. The van der Waals surface area contributed by atoms with Crippen molar-refractivity contribution >= 4 is 17.7 Å². The second kappa shape index (κ2) is 10.1. The lowest BCUT2D eigenvalue weighted by Crippen LogP contribution is -2.29. The number of rotatable bonds is 8. The molecule has 0 saturated heterocycles. The molecule has 3 aromatic carbocycles. The van der Waals surface area contributed by atoms with Gasteiger partial charge in [-0.25, -0.2) is 9.37 Å². The fourth-order valence-electron chi connectivity index (χ4n) is 4.25. The lowest BCUT2D eigenvalue weighted by Gasteiger charge is -2.16. The summed E-state index contributed by atoms with van der Waals surface area (Å²) in [5.74, 6) is -1.24. The van der Waals surface area contributed by atoms with E-state index in [9.17, 15) is 18.8 Å². The van der Waals surface area contributed by atoms with Gasteiger partial charge >= 0.3 is 0 Å². The van der Waals surface area contributed by atoms with Gasteiger partial charge < -0.3 is 14.6 Å². The average molecular weight is 499 g/mol. The Balaban J connectivity index is 1.32. The van der Waals surface area contributed by atoms with Crippen molar-refractivity contribution in [1.82, 2.24) is 19.8 Å². The molecule has 0 atom stereocenters. The van der Waals surface area contributed by atoms with Gasteiger partial charge in [-0.05, 0) is 54.4 Å². The number of hydrogen-bond donors (Lipinski definition) is 1. The number of halogens is 1. The van der Waals surface area contributed by atoms with E-state index in [-0.39, 0.29) is 30.5 Å². The number of amides is 3. The Morgan fingerprint density at radius 2 is 1.73 bits per heavy atom. The summed E-state index contributed by atoms with van der Waals surface area (Å²) in [6.45, 7) is 2.26. The Morgan fingerprint density at radius 3 is 2.38 bits per heavy atom. The molecule has 0 spiro atoms. The van der Waals surface area contributed by atoms with E-state index in [0.717, 1.165) is 4.90 Å². The second-order valence-corrected chi connectivity index (χ2v) is 8.44. The van der Waals surface area contributed by atoms with E-state index in [0.29, 0.717) is 40.3 Å². The van der Waals surface area contributed by atoms with Gasteiger partial charge in [0, 0.05) is 18.9 Å². The predicted octanol–water partition coefficient (Wildman–Crippen LogP) is 4.14. The van der Waals surface area contributed by atoms with Crippen molar-refractivity contribution in [2.45, 2.75) is 20.0 Å². The average Bonchev–Trinajstić information content (AvgIpc) is 3.52. The summed E-state index contributed by atoms with van der Waals surface area (Å²) in [4.78, 5) is 43.7. The van der Waals surface area contributed by atoms with Crippen LogP contribution in [0.2, 0.25) is 0 Å². The highest BCUT2D eigenvalue weighted by atomic mass is 19.1. The summed E-state index contributed by atoms with van der Waals surface area (Å²) in [6.07, 6.45) is 4.71. The van der Waals surface area contributed by atoms with E-state index in [2.05, 4.69) is 10.3 Å². The molecule has 37 heavy (non-hydrogen) atoms. The number of imidazole rings is 1. The summed E-state index contributed by atoms with van der Waals surface area (Å²) in [7, 11) is 0. The van der Waals surface area contributed by atoms with E-state index in [1.54, 1.807) is 78.5 Å². The molecule has 5 rings (SSSR count). The lowest BCUT2D eigenvalue weighted by molar-refractivity contribution is 0.0642. The fraction of sp³-hybridized carbons (Fsp3) is 0.143. The molecule has 8 nitrogen and oxygen atoms in total. The maximum absolute atomic E-state index is 14.6. The summed E-state index contributed by atoms with van der Waals surface area (Å²) in [5, 5.41) is 2.80. The van der Waals surface area contributed by atoms with Gasteiger partial charge in [0.1, 0.15) is 11.6 Å². The van der Waals surface area contributed by atoms with Crippen LogP contribution in [-0.4, -0.2) is 38.8 Å². The minimum atomic E-state index is -0.442. The second-order valence-electron chi connectivity index (χ2n) is 8.44. The lowest BCUT2D eigenvalue weighted by atomic mass is 10.1. The standard InChI is InChI=1S/C28H23FN4O4/c1-2-37-25-10-8-19(16-33-27(35)20-5-3-4-6-21(20)28(33)36)13-22(25)26(34)31-15-18-7-9-24(23(29)14-18)32-12-11-30-17-32/h3-14,17H,2,15-16H2,1H3,(H,31,34). The van der Waals surface area contributed by atoms with Gasteiger partial charge in [0.05, 0.1) is 41.9 Å². The van der Waals surface area contributed by atoms with Crippen LogP contribution in [0.1, 0.15) is 49.1 Å². The molecule has 0 unspecified atom stereocenters. The summed E-state index contributed by atoms with van der Waals surface area (Å²) < 4.78 is 21.8. The van der Waals surface area contributed by atoms with E-state index in [1.807, 2.05) is 0 Å². The third-order valence-corrected chi connectivity index (χ3v) is 6.06. The highest BCUT2D eigenvalue weighted by molar-refractivity contribution is 6.21. The molecule has 0 saturated carbocycles. The first-order chi connectivity index (χ1) is 18.0. The van der Waals surface area contributed by atoms with Crippen LogP contribution in [0.4, 0.5) is 4.39 Å². The number of benzene rings is 3. The zero-order valence-electron chi connectivity index (χ0n) is 20.0. The van der Waals surface area contributed by atoms with Gasteiger partial charge in [0.25, 0.3) is 17.7 Å². The molecule has 0 radical (unpaired) electrons. The molecule has 0 fully saturated rings. The number of hydrogen-bond acceptors (Lipinski definition) is 5. The number of aromatic nitrogens is 2. The van der Waals surface area contributed by atoms with Crippen LogP contribution >= 0.6 is 0 Å². The van der Waals surface area contributed by atoms with Crippen LogP contribution in [0.15, 0.2) is 79.4 Å². The van der Waals surface area contributed by atoms with Crippen molar-refractivity contribution in [3.05, 3.63) is 113 Å². The first-order valence-corrected chi connectivity index (χ1v) is 11.7. The third-order valence-electron chi connectivity index (χ3n) is 6.06. The minimum Gasteiger partial charge on any atom is -0.493 e. The topological polar surface area (TPSA) is 93.5 Å². The van der Waals surface area contributed by atoms with Crippen molar-refractivity contribution in [2.24, 2.45) is 0 Å². The van der Waals surface area contributed by atoms with Crippen LogP contribution in [0.25, 0.3) is 5.69 Å². The third kappa shape index (κ3) is 4.71. The van der Waals surface area contributed by atoms with Crippen molar-refractivity contribution in [3.63, 3.8) is 0 Å². The molecular formula is C28H23FN4O4. The predicted molar refractivity (Wildman–Crippen MR) is 133 cm³/mol. The zero-order chi connectivity index (χ0) is 25.9. The number of carbonyl (C=O) groups excluding carboxylic acids is 3. The normalized spacial score (nSPS) is 12.5. The highest BCUT2D eigenvalue weighted by Crippen LogP contribution is 2.27. The van der Waals surface area contributed by atoms with Crippen LogP contribution in [0.5, 0.6) is 5.75 Å². The van der Waals surface area contributed by atoms with E-state index in [4.69, 9.17) is 4.74 Å². The Morgan fingerprint density at radius 1 is 1.00 bits per heavy atom. The number of nitrogens with one attached hydrogen (secondary N) is 1. The van der Waals surface area contributed by atoms with E-state index < -0.39 is 11.7 Å². The summed E-state index contributed by atoms with van der Waals surface area (Å²) >= 11 is 0. The van der Waals surface area contributed by atoms with E-state index >= 15 is 0 Å². The van der Waals surface area contributed by atoms with E-state index in [1.165, 1.54) is 12.4 Å². The van der Waals surface area contributed by atoms with Crippen molar-refractivity contribution in [2.75, 3.05) is 6.61 Å². The quantitative estimate of drug-likeness (QED) is 0.369. The molecule has 0 aliphatic carbocycles. The Labute approximate surface area is 212 Å². The smallest absolute Gasteiger partial charge is 0.261 e. The number of imide groups is 1. The maximum atomic E-state index is 14.6. The van der Waals surface area contributed by atoms with Crippen molar-refractivity contribution in [3.8, 4) is 11.4 Å². The van der Waals surface area contributed by atoms with Crippen molar-refractivity contribution in [1.29, 1.82) is 0 Å². The van der Waals surface area contributed by atoms with Crippen LogP contribution in [0, 0.1) is 5.82 Å². The van der Waals surface area contributed by atoms with Gasteiger partial charge in [0.2, 0.25) is 0 Å². The number of ether oxygens (including phenoxy) is 1. The van der Waals surface area contributed by atoms with Crippen LogP contribution in [-0.2, 0) is 13.1 Å². The largest absolute Gasteiger partial charge is 0.493 e. The molecular weight excluding hydrogens is 475 g/mol. The molecule has 3 amide bonds. The Bertz CT molecular complexity index is 1470. The minimum absolute atomic E-state index is 0.0138. The van der Waals surface area contributed by atoms with Crippen molar-refractivity contribution < 1.29 is 23.5 Å². The summed E-state index contributed by atoms with van der Waals surface area (Å²) in [6, 6.07) is 16.3. The number of nitrogens with zero attached hydrogens (tertiary/aromatic N) is 3. The van der Waals surface area contributed by atoms with Gasteiger partial charge in [-0.3, -0.25) is 19.3 Å². The highest BCUT2D eigenvalue weighted by Gasteiger charge is 2.35. The first-order valence-electron chi connectivity index (χ1n) is 11.7. The molecule has 1 aliphatic rings. The fourth-order valence-corrected chi connectivity index (χ4v) is 4.25. The molecule has 186 valence electrons. The molecule has 9 heteroatoms. The Kier molecular flexibility index (Phi) is 6.51. The molecule has 1 aromatic heterocycles. The molecule has 4 aromatic rings. The van der Waals surface area contributed by atoms with Gasteiger partial charge in [0.15, 0.2) is 0 Å². The summed E-state index contributed by atoms with van der Waals surface area (Å²) in [5.41, 5.74) is 2.51. The number of fused-ring (bicyclic) bond motifs is 1. The SMILES string of the molecule is CCOc1ccc(CN2C(=O)c3ccccc3C2=O)cc1C(=O)NCc1ccc(-n2ccnc2)c(F)c1. The van der Waals surface area contributed by atoms with Gasteiger partial charge in [-0.15, -0.1) is 0 Å². The van der Waals surface area contributed by atoms with Gasteiger partial charge in [-0.1, -0.05) is 24.3 Å².